The lowest BCUT2D eigenvalue weighted by molar-refractivity contribution is -0.0612. The molecular weight excluding hydrogens is 345 g/mol. The fourth-order valence-corrected chi connectivity index (χ4v) is 3.01. The van der Waals surface area contributed by atoms with E-state index in [1.165, 1.54) is 19.2 Å². The van der Waals surface area contributed by atoms with Crippen LogP contribution in [0.2, 0.25) is 10.0 Å². The molecule has 1 heterocycles. The van der Waals surface area contributed by atoms with E-state index < -0.39 is 0 Å². The molecule has 23 heavy (non-hydrogen) atoms. The van der Waals surface area contributed by atoms with Gasteiger partial charge in [-0.05, 0) is 18.6 Å². The molecule has 128 valence electrons. The van der Waals surface area contributed by atoms with Crippen LogP contribution in [0.4, 0.5) is 0 Å². The molecule has 1 aromatic carbocycles. The highest BCUT2D eigenvalue weighted by atomic mass is 35.5. The van der Waals surface area contributed by atoms with Gasteiger partial charge < -0.3 is 24.6 Å². The van der Waals surface area contributed by atoms with Gasteiger partial charge in [-0.3, -0.25) is 4.79 Å². The molecular formula is C15H19Cl2NO5. The first-order valence-corrected chi connectivity index (χ1v) is 7.96. The number of hydrogen-bond donors (Lipinski definition) is 2. The predicted octanol–water partition coefficient (Wildman–Crippen LogP) is 1.90. The normalized spacial score (nSPS) is 21.0. The summed E-state index contributed by atoms with van der Waals surface area (Å²) in [6, 6.07) is 2.68. The standard InChI is InChI=1S/C15H19Cl2NO5/c1-21-14-10(6-9(16)7-11(14)17)15(20)18-12-8-22-4-2-13(12)23-5-3-19/h6-7,12-13,19H,2-5,8H2,1H3,(H,18,20)/t12-,13+/m1/s1. The van der Waals surface area contributed by atoms with Crippen molar-refractivity contribution in [3.63, 3.8) is 0 Å². The second-order valence-corrected chi connectivity index (χ2v) is 5.89. The molecule has 0 radical (unpaired) electrons. The van der Waals surface area contributed by atoms with E-state index in [9.17, 15) is 4.79 Å². The topological polar surface area (TPSA) is 77.0 Å². The van der Waals surface area contributed by atoms with Crippen molar-refractivity contribution in [2.45, 2.75) is 18.6 Å². The van der Waals surface area contributed by atoms with Crippen LogP contribution in [0.15, 0.2) is 12.1 Å². The van der Waals surface area contributed by atoms with Gasteiger partial charge >= 0.3 is 0 Å². The molecule has 0 bridgehead atoms. The number of methoxy groups -OCH3 is 1. The van der Waals surface area contributed by atoms with Crippen LogP contribution in [-0.4, -0.2) is 56.7 Å². The average molecular weight is 364 g/mol. The Bertz CT molecular complexity index is 555. The van der Waals surface area contributed by atoms with E-state index in [2.05, 4.69) is 5.32 Å². The molecule has 0 spiro atoms. The molecule has 6 nitrogen and oxygen atoms in total. The summed E-state index contributed by atoms with van der Waals surface area (Å²) in [7, 11) is 1.43. The Kier molecular flexibility index (Phi) is 6.92. The van der Waals surface area contributed by atoms with Crippen molar-refractivity contribution in [2.75, 3.05) is 33.5 Å². The largest absolute Gasteiger partial charge is 0.494 e. The molecule has 2 atom stereocenters. The van der Waals surface area contributed by atoms with E-state index in [0.29, 0.717) is 24.7 Å². The molecule has 1 aliphatic rings. The zero-order valence-electron chi connectivity index (χ0n) is 12.7. The van der Waals surface area contributed by atoms with Gasteiger partial charge in [0.1, 0.15) is 5.75 Å². The second kappa shape index (κ2) is 8.70. The lowest BCUT2D eigenvalue weighted by Gasteiger charge is -2.32. The molecule has 1 fully saturated rings. The number of carbonyl (C=O) groups excluding carboxylic acids is 1. The van der Waals surface area contributed by atoms with Crippen molar-refractivity contribution >= 4 is 29.1 Å². The van der Waals surface area contributed by atoms with Gasteiger partial charge in [-0.2, -0.15) is 0 Å². The number of nitrogens with one attached hydrogen (secondary N) is 1. The number of hydrogen-bond acceptors (Lipinski definition) is 5. The van der Waals surface area contributed by atoms with Crippen molar-refractivity contribution in [3.8, 4) is 5.75 Å². The minimum atomic E-state index is -0.376. The van der Waals surface area contributed by atoms with Crippen LogP contribution in [0.25, 0.3) is 0 Å². The van der Waals surface area contributed by atoms with Crippen LogP contribution in [-0.2, 0) is 9.47 Å². The molecule has 0 aromatic heterocycles. The summed E-state index contributed by atoms with van der Waals surface area (Å²) in [5.41, 5.74) is 0.247. The smallest absolute Gasteiger partial charge is 0.255 e. The lowest BCUT2D eigenvalue weighted by Crippen LogP contribution is -2.50. The van der Waals surface area contributed by atoms with Gasteiger partial charge in [0.15, 0.2) is 0 Å². The highest BCUT2D eigenvalue weighted by Crippen LogP contribution is 2.32. The maximum Gasteiger partial charge on any atom is 0.255 e. The molecule has 8 heteroatoms. The van der Waals surface area contributed by atoms with Crippen LogP contribution in [0, 0.1) is 0 Å². The fraction of sp³-hybridized carbons (Fsp3) is 0.533. The first kappa shape index (κ1) is 18.3. The maximum absolute atomic E-state index is 12.5. The molecule has 0 saturated carbocycles. The van der Waals surface area contributed by atoms with Crippen molar-refractivity contribution in [1.82, 2.24) is 5.32 Å². The number of benzene rings is 1. The zero-order valence-corrected chi connectivity index (χ0v) is 14.2. The van der Waals surface area contributed by atoms with E-state index in [1.54, 1.807) is 0 Å². The Morgan fingerprint density at radius 2 is 2.26 bits per heavy atom. The van der Waals surface area contributed by atoms with Gasteiger partial charge in [-0.25, -0.2) is 0 Å². The Morgan fingerprint density at radius 1 is 1.48 bits per heavy atom. The number of aliphatic hydroxyl groups is 1. The van der Waals surface area contributed by atoms with E-state index in [-0.39, 0.29) is 47.6 Å². The molecule has 2 N–H and O–H groups in total. The number of carbonyl (C=O) groups is 1. The maximum atomic E-state index is 12.5. The van der Waals surface area contributed by atoms with Crippen molar-refractivity contribution in [2.24, 2.45) is 0 Å². The quantitative estimate of drug-likeness (QED) is 0.806. The first-order chi connectivity index (χ1) is 11.1. The molecule has 0 aliphatic carbocycles. The summed E-state index contributed by atoms with van der Waals surface area (Å²) in [4.78, 5) is 12.5. The van der Waals surface area contributed by atoms with E-state index in [4.69, 9.17) is 42.5 Å². The molecule has 1 aliphatic heterocycles. The van der Waals surface area contributed by atoms with E-state index in [1.807, 2.05) is 0 Å². The van der Waals surface area contributed by atoms with Crippen LogP contribution >= 0.6 is 23.2 Å². The van der Waals surface area contributed by atoms with Crippen LogP contribution in [0.5, 0.6) is 5.75 Å². The second-order valence-electron chi connectivity index (χ2n) is 5.04. The predicted molar refractivity (Wildman–Crippen MR) is 86.5 cm³/mol. The Balaban J connectivity index is 2.14. The Labute approximate surface area is 144 Å². The van der Waals surface area contributed by atoms with Crippen LogP contribution < -0.4 is 10.1 Å². The third-order valence-corrected chi connectivity index (χ3v) is 3.99. The van der Waals surface area contributed by atoms with Gasteiger partial charge in [-0.1, -0.05) is 23.2 Å². The highest BCUT2D eigenvalue weighted by molar-refractivity contribution is 6.36. The van der Waals surface area contributed by atoms with Gasteiger partial charge in [0.2, 0.25) is 0 Å². The van der Waals surface area contributed by atoms with Gasteiger partial charge in [0.05, 0.1) is 49.7 Å². The zero-order chi connectivity index (χ0) is 16.8. The van der Waals surface area contributed by atoms with Gasteiger partial charge in [0.25, 0.3) is 5.91 Å². The minimum absolute atomic E-state index is 0.0737. The van der Waals surface area contributed by atoms with Crippen LogP contribution in [0.3, 0.4) is 0 Å². The minimum Gasteiger partial charge on any atom is -0.494 e. The number of rotatable bonds is 6. The van der Waals surface area contributed by atoms with E-state index in [0.717, 1.165) is 0 Å². The summed E-state index contributed by atoms with van der Waals surface area (Å²) in [6.45, 7) is 1.02. The van der Waals surface area contributed by atoms with E-state index >= 15 is 0 Å². The third-order valence-electron chi connectivity index (χ3n) is 3.49. The molecule has 1 saturated heterocycles. The Hall–Kier alpha value is -1.05. The average Bonchev–Trinajstić information content (AvgIpc) is 2.53. The highest BCUT2D eigenvalue weighted by Gasteiger charge is 2.29. The van der Waals surface area contributed by atoms with Crippen molar-refractivity contribution < 1.29 is 24.1 Å². The SMILES string of the molecule is COc1c(Cl)cc(Cl)cc1C(=O)N[C@@H]1COCC[C@@H]1OCCO. The summed E-state index contributed by atoms with van der Waals surface area (Å²) >= 11 is 12.0. The molecule has 2 rings (SSSR count). The lowest BCUT2D eigenvalue weighted by atomic mass is 10.1. The molecule has 1 amide bonds. The summed E-state index contributed by atoms with van der Waals surface area (Å²) < 4.78 is 16.1. The summed E-state index contributed by atoms with van der Waals surface area (Å²) in [5, 5.41) is 12.3. The van der Waals surface area contributed by atoms with Crippen molar-refractivity contribution in [3.05, 3.63) is 27.7 Å². The van der Waals surface area contributed by atoms with Crippen molar-refractivity contribution in [1.29, 1.82) is 0 Å². The number of halogens is 2. The third kappa shape index (κ3) is 4.71. The van der Waals surface area contributed by atoms with Gasteiger partial charge in [-0.15, -0.1) is 0 Å². The fourth-order valence-electron chi connectivity index (χ4n) is 2.44. The monoisotopic (exact) mass is 363 g/mol. The number of aliphatic hydroxyl groups excluding tert-OH is 1. The number of amides is 1. The first-order valence-electron chi connectivity index (χ1n) is 7.21. The van der Waals surface area contributed by atoms with Crippen LogP contribution in [0.1, 0.15) is 16.8 Å². The van der Waals surface area contributed by atoms with Gasteiger partial charge in [0, 0.05) is 11.6 Å². The molecule has 0 unspecified atom stereocenters. The summed E-state index contributed by atoms with van der Waals surface area (Å²) in [6.07, 6.45) is 0.416. The molecule has 1 aromatic rings. The summed E-state index contributed by atoms with van der Waals surface area (Å²) in [5.74, 6) is -0.113. The number of ether oxygens (including phenoxy) is 3. The Morgan fingerprint density at radius 3 is 2.96 bits per heavy atom.